The molecular formula is C24H25N3O3. The Labute approximate surface area is 176 Å². The van der Waals surface area contributed by atoms with Crippen LogP contribution < -0.4 is 15.4 Å². The highest BCUT2D eigenvalue weighted by molar-refractivity contribution is 6.04. The van der Waals surface area contributed by atoms with Crippen LogP contribution in [0.3, 0.4) is 0 Å². The molecule has 0 aliphatic carbocycles. The summed E-state index contributed by atoms with van der Waals surface area (Å²) in [5.41, 5.74) is 3.50. The summed E-state index contributed by atoms with van der Waals surface area (Å²) in [7, 11) is 0. The number of carbonyl (C=O) groups is 2. The van der Waals surface area contributed by atoms with E-state index >= 15 is 0 Å². The van der Waals surface area contributed by atoms with Gasteiger partial charge in [-0.2, -0.15) is 0 Å². The first-order chi connectivity index (χ1) is 14.6. The monoisotopic (exact) mass is 403 g/mol. The number of para-hydroxylation sites is 2. The average Bonchev–Trinajstić information content (AvgIpc) is 2.75. The average molecular weight is 403 g/mol. The summed E-state index contributed by atoms with van der Waals surface area (Å²) in [6.07, 6.45) is 3.06. The van der Waals surface area contributed by atoms with Crippen molar-refractivity contribution in [3.05, 3.63) is 89.7 Å². The maximum Gasteiger partial charge on any atom is 0.233 e. The van der Waals surface area contributed by atoms with Gasteiger partial charge in [-0.05, 0) is 49.2 Å². The Morgan fingerprint density at radius 2 is 1.60 bits per heavy atom. The quantitative estimate of drug-likeness (QED) is 0.557. The molecule has 0 saturated carbocycles. The van der Waals surface area contributed by atoms with Gasteiger partial charge in [-0.3, -0.25) is 14.6 Å². The third-order valence-electron chi connectivity index (χ3n) is 4.54. The second kappa shape index (κ2) is 10.2. The molecule has 3 aromatic rings. The number of ether oxygens (including phenoxy) is 1. The molecule has 2 aromatic carbocycles. The Morgan fingerprint density at radius 1 is 0.933 bits per heavy atom. The number of hydrogen-bond donors (Lipinski definition) is 2. The molecule has 0 spiro atoms. The van der Waals surface area contributed by atoms with Crippen molar-refractivity contribution >= 4 is 17.5 Å². The Kier molecular flexibility index (Phi) is 7.16. The fourth-order valence-corrected chi connectivity index (χ4v) is 3.08. The molecule has 6 nitrogen and oxygen atoms in total. The predicted octanol–water partition coefficient (Wildman–Crippen LogP) is 4.02. The number of nitrogens with one attached hydrogen (secondary N) is 2. The lowest BCUT2D eigenvalue weighted by molar-refractivity contribution is -0.127. The van der Waals surface area contributed by atoms with Crippen molar-refractivity contribution in [2.75, 3.05) is 11.9 Å². The topological polar surface area (TPSA) is 80.3 Å². The molecule has 154 valence electrons. The van der Waals surface area contributed by atoms with E-state index in [0.717, 1.165) is 16.7 Å². The summed E-state index contributed by atoms with van der Waals surface area (Å²) >= 11 is 0. The summed E-state index contributed by atoms with van der Waals surface area (Å²) in [5, 5.41) is 5.72. The van der Waals surface area contributed by atoms with E-state index in [1.54, 1.807) is 30.6 Å². The molecule has 0 bridgehead atoms. The molecule has 1 atom stereocenters. The van der Waals surface area contributed by atoms with Crippen LogP contribution >= 0.6 is 0 Å². The number of nitrogens with zero attached hydrogens (tertiary/aromatic N) is 1. The highest BCUT2D eigenvalue weighted by atomic mass is 16.5. The van der Waals surface area contributed by atoms with Crippen LogP contribution in [0.1, 0.15) is 36.1 Å². The molecule has 0 saturated heterocycles. The first-order valence-corrected chi connectivity index (χ1v) is 9.84. The minimum absolute atomic E-state index is 0.298. The molecular weight excluding hydrogens is 378 g/mol. The Morgan fingerprint density at radius 3 is 2.30 bits per heavy atom. The van der Waals surface area contributed by atoms with Crippen LogP contribution in [0.2, 0.25) is 0 Å². The standard InChI is InChI=1S/C24H25N3O3/c1-3-30-21-7-5-4-6-20(21)26-22(28)16-23(29)27-24(19-12-14-25-15-13-19)18-10-8-17(2)9-11-18/h4-15,24H,3,16H2,1-2H3,(H,26,28)(H,27,29)/t24-/m1/s1. The van der Waals surface area contributed by atoms with E-state index in [0.29, 0.717) is 18.0 Å². The van der Waals surface area contributed by atoms with E-state index in [4.69, 9.17) is 4.74 Å². The number of amides is 2. The minimum Gasteiger partial charge on any atom is -0.492 e. The summed E-state index contributed by atoms with van der Waals surface area (Å²) in [6, 6.07) is 18.4. The van der Waals surface area contributed by atoms with Crippen LogP contribution in [0.4, 0.5) is 5.69 Å². The third kappa shape index (κ3) is 5.67. The summed E-state index contributed by atoms with van der Waals surface area (Å²) in [5.74, 6) is -0.205. The maximum absolute atomic E-state index is 12.7. The minimum atomic E-state index is -0.406. The zero-order valence-electron chi connectivity index (χ0n) is 17.1. The van der Waals surface area contributed by atoms with E-state index < -0.39 is 5.91 Å². The van der Waals surface area contributed by atoms with Gasteiger partial charge in [0.25, 0.3) is 0 Å². The number of pyridine rings is 1. The van der Waals surface area contributed by atoms with Gasteiger partial charge in [0.2, 0.25) is 11.8 Å². The highest BCUT2D eigenvalue weighted by Crippen LogP contribution is 2.24. The summed E-state index contributed by atoms with van der Waals surface area (Å²) in [4.78, 5) is 29.1. The Balaban J connectivity index is 1.70. The predicted molar refractivity (Wildman–Crippen MR) is 116 cm³/mol. The second-order valence-electron chi connectivity index (χ2n) is 6.85. The molecule has 0 aliphatic heterocycles. The van der Waals surface area contributed by atoms with Crippen LogP contribution in [0.15, 0.2) is 73.1 Å². The van der Waals surface area contributed by atoms with Crippen molar-refractivity contribution in [3.8, 4) is 5.75 Å². The van der Waals surface area contributed by atoms with Crippen molar-refractivity contribution < 1.29 is 14.3 Å². The molecule has 0 aliphatic rings. The van der Waals surface area contributed by atoms with Crippen LogP contribution in [0, 0.1) is 6.92 Å². The summed E-state index contributed by atoms with van der Waals surface area (Å²) < 4.78 is 5.51. The molecule has 1 aromatic heterocycles. The number of carbonyl (C=O) groups excluding carboxylic acids is 2. The maximum atomic E-state index is 12.7. The first-order valence-electron chi connectivity index (χ1n) is 9.84. The first kappa shape index (κ1) is 21.0. The summed E-state index contributed by atoms with van der Waals surface area (Å²) in [6.45, 7) is 4.36. The van der Waals surface area contributed by atoms with Crippen molar-refractivity contribution in [1.82, 2.24) is 10.3 Å². The van der Waals surface area contributed by atoms with Crippen LogP contribution in [-0.4, -0.2) is 23.4 Å². The Bertz CT molecular complexity index is 988. The van der Waals surface area contributed by atoms with Gasteiger partial charge in [0, 0.05) is 12.4 Å². The number of aryl methyl sites for hydroxylation is 1. The van der Waals surface area contributed by atoms with Gasteiger partial charge in [-0.15, -0.1) is 0 Å². The number of rotatable bonds is 8. The zero-order valence-corrected chi connectivity index (χ0v) is 17.1. The van der Waals surface area contributed by atoms with E-state index in [9.17, 15) is 9.59 Å². The van der Waals surface area contributed by atoms with Crippen molar-refractivity contribution in [1.29, 1.82) is 0 Å². The molecule has 0 radical (unpaired) electrons. The fraction of sp³-hybridized carbons (Fsp3) is 0.208. The van der Waals surface area contributed by atoms with Gasteiger partial charge in [0.15, 0.2) is 0 Å². The molecule has 6 heteroatoms. The van der Waals surface area contributed by atoms with E-state index in [-0.39, 0.29) is 18.4 Å². The lowest BCUT2D eigenvalue weighted by Gasteiger charge is -2.20. The Hall–Kier alpha value is -3.67. The molecule has 2 amide bonds. The zero-order chi connectivity index (χ0) is 21.3. The van der Waals surface area contributed by atoms with Crippen molar-refractivity contribution in [2.24, 2.45) is 0 Å². The van der Waals surface area contributed by atoms with Gasteiger partial charge in [0.05, 0.1) is 18.3 Å². The van der Waals surface area contributed by atoms with Crippen molar-refractivity contribution in [3.63, 3.8) is 0 Å². The van der Waals surface area contributed by atoms with Crippen LogP contribution in [-0.2, 0) is 9.59 Å². The SMILES string of the molecule is CCOc1ccccc1NC(=O)CC(=O)N[C@@H](c1ccncc1)c1ccc(C)cc1. The molecule has 0 unspecified atom stereocenters. The van der Waals surface area contributed by atoms with E-state index in [1.165, 1.54) is 0 Å². The number of hydrogen-bond acceptors (Lipinski definition) is 4. The number of anilines is 1. The smallest absolute Gasteiger partial charge is 0.233 e. The van der Waals surface area contributed by atoms with Gasteiger partial charge >= 0.3 is 0 Å². The van der Waals surface area contributed by atoms with Crippen LogP contribution in [0.25, 0.3) is 0 Å². The number of benzene rings is 2. The molecule has 2 N–H and O–H groups in total. The molecule has 0 fully saturated rings. The van der Waals surface area contributed by atoms with Crippen molar-refractivity contribution in [2.45, 2.75) is 26.3 Å². The third-order valence-corrected chi connectivity index (χ3v) is 4.54. The molecule has 3 rings (SSSR count). The lowest BCUT2D eigenvalue weighted by Crippen LogP contribution is -2.32. The van der Waals surface area contributed by atoms with Gasteiger partial charge < -0.3 is 15.4 Å². The normalized spacial score (nSPS) is 11.4. The highest BCUT2D eigenvalue weighted by Gasteiger charge is 2.19. The van der Waals surface area contributed by atoms with Gasteiger partial charge in [-0.1, -0.05) is 42.0 Å². The van der Waals surface area contributed by atoms with Gasteiger partial charge in [-0.25, -0.2) is 0 Å². The van der Waals surface area contributed by atoms with E-state index in [1.807, 2.05) is 56.3 Å². The second-order valence-corrected chi connectivity index (χ2v) is 6.85. The van der Waals surface area contributed by atoms with Gasteiger partial charge in [0.1, 0.15) is 12.2 Å². The molecule has 30 heavy (non-hydrogen) atoms. The van der Waals surface area contributed by atoms with E-state index in [2.05, 4.69) is 15.6 Å². The number of aromatic nitrogens is 1. The largest absolute Gasteiger partial charge is 0.492 e. The van der Waals surface area contributed by atoms with Crippen LogP contribution in [0.5, 0.6) is 5.75 Å². The molecule has 1 heterocycles. The fourth-order valence-electron chi connectivity index (χ4n) is 3.08. The lowest BCUT2D eigenvalue weighted by atomic mass is 9.98.